The molecule has 0 bridgehead atoms. The summed E-state index contributed by atoms with van der Waals surface area (Å²) in [5.41, 5.74) is 1.25. The maximum atomic E-state index is 12.6. The molecular weight excluding hydrogens is 432 g/mol. The van der Waals surface area contributed by atoms with Crippen LogP contribution in [0.4, 0.5) is 5.13 Å². The largest absolute Gasteiger partial charge is 0.486 e. The van der Waals surface area contributed by atoms with Gasteiger partial charge in [0.2, 0.25) is 0 Å². The molecule has 0 aliphatic carbocycles. The third-order valence-electron chi connectivity index (χ3n) is 4.91. The van der Waals surface area contributed by atoms with Crippen molar-refractivity contribution >= 4 is 44.3 Å². The highest BCUT2D eigenvalue weighted by atomic mass is 32.1. The monoisotopic (exact) mass is 454 g/mol. The van der Waals surface area contributed by atoms with Crippen molar-refractivity contribution < 1.29 is 28.6 Å². The molecule has 0 saturated carbocycles. The molecule has 1 aliphatic heterocycles. The van der Waals surface area contributed by atoms with E-state index in [9.17, 15) is 14.4 Å². The summed E-state index contributed by atoms with van der Waals surface area (Å²) >= 11 is 1.40. The van der Waals surface area contributed by atoms with Crippen LogP contribution in [0.2, 0.25) is 0 Å². The first-order valence-corrected chi connectivity index (χ1v) is 11.1. The van der Waals surface area contributed by atoms with Crippen molar-refractivity contribution in [3.8, 4) is 11.5 Å². The number of thiazole rings is 1. The number of carbonyl (C=O) groups excluding carboxylic acids is 3. The van der Waals surface area contributed by atoms with Gasteiger partial charge in [0.15, 0.2) is 29.0 Å². The summed E-state index contributed by atoms with van der Waals surface area (Å²) in [5.74, 6) is -0.0679. The zero-order valence-electron chi connectivity index (χ0n) is 17.5. The number of rotatable bonds is 8. The zero-order chi connectivity index (χ0) is 22.5. The summed E-state index contributed by atoms with van der Waals surface area (Å²) in [4.78, 5) is 43.0. The average molecular weight is 455 g/mol. The highest BCUT2D eigenvalue weighted by Crippen LogP contribution is 2.31. The number of likely N-dealkylation sites (N-methyl/N-ethyl adjacent to an activating group) is 1. The Morgan fingerprint density at radius 3 is 2.62 bits per heavy atom. The molecule has 0 N–H and O–H groups in total. The normalized spacial score (nSPS) is 12.4. The van der Waals surface area contributed by atoms with Gasteiger partial charge in [-0.05, 0) is 37.3 Å². The van der Waals surface area contributed by atoms with Crippen LogP contribution in [0, 0.1) is 0 Å². The summed E-state index contributed by atoms with van der Waals surface area (Å²) in [6.07, 6.45) is -0.143. The molecule has 32 heavy (non-hydrogen) atoms. The number of esters is 1. The molecule has 0 fully saturated rings. The van der Waals surface area contributed by atoms with Gasteiger partial charge in [0, 0.05) is 18.5 Å². The quantitative estimate of drug-likeness (QED) is 0.379. The molecule has 2 heterocycles. The lowest BCUT2D eigenvalue weighted by molar-refractivity contribution is -0.147. The Kier molecular flexibility index (Phi) is 6.65. The van der Waals surface area contributed by atoms with Crippen molar-refractivity contribution in [2.45, 2.75) is 19.8 Å². The van der Waals surface area contributed by atoms with Crippen LogP contribution < -0.4 is 14.4 Å². The van der Waals surface area contributed by atoms with Crippen LogP contribution in [0.3, 0.4) is 0 Å². The Morgan fingerprint density at radius 2 is 1.84 bits per heavy atom. The van der Waals surface area contributed by atoms with Gasteiger partial charge >= 0.3 is 5.97 Å². The third-order valence-corrected chi connectivity index (χ3v) is 5.97. The van der Waals surface area contributed by atoms with Gasteiger partial charge in [0.1, 0.15) is 13.2 Å². The molecule has 9 heteroatoms. The lowest BCUT2D eigenvalue weighted by Crippen LogP contribution is -2.34. The summed E-state index contributed by atoms with van der Waals surface area (Å²) in [6.45, 7) is 2.73. The van der Waals surface area contributed by atoms with Crippen LogP contribution in [-0.2, 0) is 14.3 Å². The highest BCUT2D eigenvalue weighted by Gasteiger charge is 2.20. The number of carbonyl (C=O) groups is 3. The number of para-hydroxylation sites is 1. The van der Waals surface area contributed by atoms with Crippen molar-refractivity contribution in [1.82, 2.24) is 4.98 Å². The van der Waals surface area contributed by atoms with E-state index in [0.29, 0.717) is 42.0 Å². The first kappa shape index (κ1) is 21.8. The van der Waals surface area contributed by atoms with Crippen LogP contribution in [0.1, 0.15) is 30.1 Å². The fourth-order valence-corrected chi connectivity index (χ4v) is 4.31. The number of hydrogen-bond acceptors (Lipinski definition) is 8. The fourth-order valence-electron chi connectivity index (χ4n) is 3.26. The number of fused-ring (bicyclic) bond motifs is 2. The van der Waals surface area contributed by atoms with E-state index in [-0.39, 0.29) is 24.5 Å². The highest BCUT2D eigenvalue weighted by molar-refractivity contribution is 7.22. The first-order valence-electron chi connectivity index (χ1n) is 10.3. The predicted octanol–water partition coefficient (Wildman–Crippen LogP) is 3.63. The van der Waals surface area contributed by atoms with E-state index in [2.05, 4.69) is 4.98 Å². The molecule has 2 aromatic carbocycles. The summed E-state index contributed by atoms with van der Waals surface area (Å²) in [5, 5.41) is 0.559. The van der Waals surface area contributed by atoms with E-state index >= 15 is 0 Å². The van der Waals surface area contributed by atoms with Crippen LogP contribution in [0.25, 0.3) is 10.2 Å². The lowest BCUT2D eigenvalue weighted by atomic mass is 10.1. The molecule has 0 saturated heterocycles. The summed E-state index contributed by atoms with van der Waals surface area (Å²) in [6, 6.07) is 12.6. The summed E-state index contributed by atoms with van der Waals surface area (Å²) < 4.78 is 17.0. The molecule has 8 nitrogen and oxygen atoms in total. The number of anilines is 1. The van der Waals surface area contributed by atoms with Crippen molar-refractivity contribution in [3.05, 3.63) is 48.0 Å². The second kappa shape index (κ2) is 9.78. The number of aromatic nitrogens is 1. The van der Waals surface area contributed by atoms with Crippen LogP contribution in [0.5, 0.6) is 11.5 Å². The second-order valence-electron chi connectivity index (χ2n) is 7.04. The first-order chi connectivity index (χ1) is 15.5. The fraction of sp³-hybridized carbons (Fsp3) is 0.304. The molecule has 166 valence electrons. The number of benzene rings is 2. The van der Waals surface area contributed by atoms with E-state index in [1.165, 1.54) is 16.2 Å². The van der Waals surface area contributed by atoms with Crippen LogP contribution in [-0.4, -0.2) is 49.0 Å². The SMILES string of the molecule is CCN(C(=O)COC(=O)CCC(=O)c1ccc2c(c1)OCCO2)c1nc2ccccc2s1. The van der Waals surface area contributed by atoms with E-state index in [1.54, 1.807) is 18.2 Å². The van der Waals surface area contributed by atoms with Crippen molar-refractivity contribution in [2.75, 3.05) is 31.3 Å². The maximum absolute atomic E-state index is 12.6. The van der Waals surface area contributed by atoms with Crippen molar-refractivity contribution in [1.29, 1.82) is 0 Å². The molecule has 0 unspecified atom stereocenters. The van der Waals surface area contributed by atoms with Crippen molar-refractivity contribution in [2.24, 2.45) is 0 Å². The van der Waals surface area contributed by atoms with Gasteiger partial charge in [-0.1, -0.05) is 23.5 Å². The average Bonchev–Trinajstić information content (AvgIpc) is 3.25. The Labute approximate surface area is 188 Å². The van der Waals surface area contributed by atoms with E-state index < -0.39 is 12.6 Å². The van der Waals surface area contributed by atoms with Crippen LogP contribution >= 0.6 is 11.3 Å². The number of ether oxygens (including phenoxy) is 3. The smallest absolute Gasteiger partial charge is 0.306 e. The van der Waals surface area contributed by atoms with Crippen LogP contribution in [0.15, 0.2) is 42.5 Å². The minimum Gasteiger partial charge on any atom is -0.486 e. The molecule has 1 amide bonds. The molecule has 0 spiro atoms. The van der Waals surface area contributed by atoms with Gasteiger partial charge in [-0.15, -0.1) is 0 Å². The van der Waals surface area contributed by atoms with Gasteiger partial charge in [-0.2, -0.15) is 0 Å². The van der Waals surface area contributed by atoms with Gasteiger partial charge < -0.3 is 14.2 Å². The Balaban J connectivity index is 1.28. The molecular formula is C23H22N2O6S. The predicted molar refractivity (Wildman–Crippen MR) is 120 cm³/mol. The van der Waals surface area contributed by atoms with E-state index in [4.69, 9.17) is 14.2 Å². The lowest BCUT2D eigenvalue weighted by Gasteiger charge is -2.18. The van der Waals surface area contributed by atoms with Gasteiger partial charge in [-0.3, -0.25) is 19.3 Å². The number of Topliss-reactive ketones (excluding diaryl/α,β-unsaturated/α-hetero) is 1. The minimum atomic E-state index is -0.607. The van der Waals surface area contributed by atoms with Gasteiger partial charge in [0.05, 0.1) is 16.6 Å². The van der Waals surface area contributed by atoms with Gasteiger partial charge in [-0.25, -0.2) is 4.98 Å². The minimum absolute atomic E-state index is 0.0258. The number of nitrogens with zero attached hydrogens (tertiary/aromatic N) is 2. The molecule has 1 aliphatic rings. The summed E-state index contributed by atoms with van der Waals surface area (Å²) in [7, 11) is 0. The molecule has 4 rings (SSSR count). The Hall–Kier alpha value is -3.46. The molecule has 0 radical (unpaired) electrons. The van der Waals surface area contributed by atoms with E-state index in [1.807, 2.05) is 31.2 Å². The Bertz CT molecular complexity index is 1130. The second-order valence-corrected chi connectivity index (χ2v) is 8.05. The standard InChI is InChI=1S/C23H22N2O6S/c1-2-25(23-24-16-5-3-4-6-20(16)32-23)21(27)14-31-22(28)10-8-17(26)15-7-9-18-19(13-15)30-12-11-29-18/h3-7,9,13H,2,8,10-12,14H2,1H3. The molecule has 0 atom stereocenters. The molecule has 3 aromatic rings. The van der Waals surface area contributed by atoms with Crippen molar-refractivity contribution in [3.63, 3.8) is 0 Å². The number of ketones is 1. The zero-order valence-corrected chi connectivity index (χ0v) is 18.4. The number of amides is 1. The van der Waals surface area contributed by atoms with E-state index in [0.717, 1.165) is 10.2 Å². The third kappa shape index (κ3) is 4.88. The maximum Gasteiger partial charge on any atom is 0.306 e. The topological polar surface area (TPSA) is 95.0 Å². The van der Waals surface area contributed by atoms with Gasteiger partial charge in [0.25, 0.3) is 5.91 Å². The Morgan fingerprint density at radius 1 is 1.06 bits per heavy atom. The molecule has 1 aromatic heterocycles. The number of hydrogen-bond donors (Lipinski definition) is 0.